The molecule has 21 heavy (non-hydrogen) atoms. The minimum atomic E-state index is -3.23. The van der Waals surface area contributed by atoms with Gasteiger partial charge in [-0.2, -0.15) is 17.0 Å². The van der Waals surface area contributed by atoms with E-state index in [1.165, 1.54) is 0 Å². The van der Waals surface area contributed by atoms with Crippen LogP contribution in [0.25, 0.3) is 0 Å². The first-order valence-corrected chi connectivity index (χ1v) is 9.78. The van der Waals surface area contributed by atoms with Crippen molar-refractivity contribution in [3.05, 3.63) is 0 Å². The van der Waals surface area contributed by atoms with E-state index < -0.39 is 10.2 Å². The van der Waals surface area contributed by atoms with Crippen LogP contribution in [0.1, 0.15) is 46.5 Å². The summed E-state index contributed by atoms with van der Waals surface area (Å²) < 4.78 is 28.8. The van der Waals surface area contributed by atoms with E-state index in [0.29, 0.717) is 44.1 Å². The monoisotopic (exact) mass is 317 g/mol. The molecule has 1 unspecified atom stereocenters. The highest BCUT2D eigenvalue weighted by atomic mass is 32.2. The van der Waals surface area contributed by atoms with Crippen molar-refractivity contribution in [2.24, 2.45) is 11.8 Å². The lowest BCUT2D eigenvalue weighted by atomic mass is 9.98. The summed E-state index contributed by atoms with van der Waals surface area (Å²) in [7, 11) is -3.23. The van der Waals surface area contributed by atoms with Crippen LogP contribution in [0.15, 0.2) is 0 Å². The molecule has 0 aromatic heterocycles. The Morgan fingerprint density at radius 1 is 1.10 bits per heavy atom. The number of hydrogen-bond acceptors (Lipinski definition) is 3. The molecule has 2 fully saturated rings. The Bertz CT molecular complexity index is 417. The Kier molecular flexibility index (Phi) is 6.05. The molecule has 2 aliphatic rings. The van der Waals surface area contributed by atoms with E-state index in [4.69, 9.17) is 0 Å². The lowest BCUT2D eigenvalue weighted by Crippen LogP contribution is -2.50. The molecule has 0 aromatic rings. The van der Waals surface area contributed by atoms with Gasteiger partial charge >= 0.3 is 0 Å². The van der Waals surface area contributed by atoms with E-state index in [1.807, 2.05) is 0 Å². The zero-order valence-corrected chi connectivity index (χ0v) is 14.5. The van der Waals surface area contributed by atoms with Gasteiger partial charge in [-0.05, 0) is 44.1 Å². The fourth-order valence-electron chi connectivity index (χ4n) is 3.27. The highest BCUT2D eigenvalue weighted by molar-refractivity contribution is 7.86. The standard InChI is InChI=1S/C15H31N3O2S/c1-13(2)16-11-15-6-9-17(10-7-15)21(19,20)18-8-4-5-14(3)12-18/h13-16H,4-12H2,1-3H3. The molecule has 0 amide bonds. The van der Waals surface area contributed by atoms with Gasteiger partial charge in [0.05, 0.1) is 0 Å². The average molecular weight is 317 g/mol. The number of rotatable bonds is 5. The minimum Gasteiger partial charge on any atom is -0.314 e. The second-order valence-electron chi connectivity index (χ2n) is 7.02. The van der Waals surface area contributed by atoms with E-state index in [-0.39, 0.29) is 0 Å². The summed E-state index contributed by atoms with van der Waals surface area (Å²) in [5.41, 5.74) is 0. The Labute approximate surface area is 130 Å². The minimum absolute atomic E-state index is 0.487. The zero-order chi connectivity index (χ0) is 15.5. The first kappa shape index (κ1) is 17.2. The van der Waals surface area contributed by atoms with Crippen LogP contribution in [0.3, 0.4) is 0 Å². The highest BCUT2D eigenvalue weighted by Crippen LogP contribution is 2.24. The molecule has 0 saturated carbocycles. The van der Waals surface area contributed by atoms with Gasteiger partial charge in [0.1, 0.15) is 0 Å². The van der Waals surface area contributed by atoms with Crippen molar-refractivity contribution in [3.63, 3.8) is 0 Å². The summed E-state index contributed by atoms with van der Waals surface area (Å²) >= 11 is 0. The van der Waals surface area contributed by atoms with Crippen LogP contribution in [0.4, 0.5) is 0 Å². The molecule has 2 saturated heterocycles. The fraction of sp³-hybridized carbons (Fsp3) is 1.00. The first-order chi connectivity index (χ1) is 9.89. The average Bonchev–Trinajstić information content (AvgIpc) is 2.45. The molecule has 1 N–H and O–H groups in total. The van der Waals surface area contributed by atoms with Crippen molar-refractivity contribution < 1.29 is 8.42 Å². The molecular weight excluding hydrogens is 286 g/mol. The zero-order valence-electron chi connectivity index (χ0n) is 13.7. The van der Waals surface area contributed by atoms with Crippen LogP contribution in [0, 0.1) is 11.8 Å². The normalized spacial score (nSPS) is 27.3. The molecule has 0 aromatic carbocycles. The molecule has 0 radical (unpaired) electrons. The van der Waals surface area contributed by atoms with E-state index in [2.05, 4.69) is 26.1 Å². The van der Waals surface area contributed by atoms with Crippen molar-refractivity contribution in [1.29, 1.82) is 0 Å². The molecule has 2 aliphatic heterocycles. The quantitative estimate of drug-likeness (QED) is 0.839. The van der Waals surface area contributed by atoms with Gasteiger partial charge in [-0.15, -0.1) is 0 Å². The fourth-order valence-corrected chi connectivity index (χ4v) is 5.07. The van der Waals surface area contributed by atoms with Crippen molar-refractivity contribution in [2.45, 2.75) is 52.5 Å². The van der Waals surface area contributed by atoms with Gasteiger partial charge in [0.2, 0.25) is 0 Å². The van der Waals surface area contributed by atoms with E-state index in [0.717, 1.165) is 32.2 Å². The maximum absolute atomic E-state index is 12.7. The van der Waals surface area contributed by atoms with Crippen LogP contribution in [0.2, 0.25) is 0 Å². The summed E-state index contributed by atoms with van der Waals surface area (Å²) in [5, 5.41) is 3.46. The summed E-state index contributed by atoms with van der Waals surface area (Å²) in [6.07, 6.45) is 4.09. The molecule has 2 heterocycles. The molecule has 124 valence electrons. The third kappa shape index (κ3) is 4.65. The highest BCUT2D eigenvalue weighted by Gasteiger charge is 2.34. The number of nitrogens with one attached hydrogen (secondary N) is 1. The van der Waals surface area contributed by atoms with Crippen LogP contribution < -0.4 is 5.32 Å². The molecular formula is C15H31N3O2S. The lowest BCUT2D eigenvalue weighted by Gasteiger charge is -2.37. The first-order valence-electron chi connectivity index (χ1n) is 8.38. The lowest BCUT2D eigenvalue weighted by molar-refractivity contribution is 0.224. The van der Waals surface area contributed by atoms with Gasteiger partial charge in [-0.1, -0.05) is 20.8 Å². The van der Waals surface area contributed by atoms with Gasteiger partial charge in [0.15, 0.2) is 0 Å². The summed E-state index contributed by atoms with van der Waals surface area (Å²) in [5.74, 6) is 1.10. The smallest absolute Gasteiger partial charge is 0.281 e. The van der Waals surface area contributed by atoms with Crippen molar-refractivity contribution in [2.75, 3.05) is 32.7 Å². The van der Waals surface area contributed by atoms with Gasteiger partial charge in [-0.25, -0.2) is 0 Å². The van der Waals surface area contributed by atoms with Gasteiger partial charge < -0.3 is 5.32 Å². The van der Waals surface area contributed by atoms with Gasteiger partial charge in [0, 0.05) is 32.2 Å². The summed E-state index contributed by atoms with van der Waals surface area (Å²) in [6, 6.07) is 0.501. The maximum atomic E-state index is 12.7. The Morgan fingerprint density at radius 2 is 1.76 bits per heavy atom. The number of hydrogen-bond donors (Lipinski definition) is 1. The van der Waals surface area contributed by atoms with Gasteiger partial charge in [0.25, 0.3) is 10.2 Å². The molecule has 2 rings (SSSR count). The Balaban J connectivity index is 1.85. The van der Waals surface area contributed by atoms with Gasteiger partial charge in [-0.3, -0.25) is 0 Å². The Morgan fingerprint density at radius 3 is 2.33 bits per heavy atom. The van der Waals surface area contributed by atoms with Crippen LogP contribution in [-0.4, -0.2) is 55.8 Å². The van der Waals surface area contributed by atoms with E-state index >= 15 is 0 Å². The van der Waals surface area contributed by atoms with Crippen molar-refractivity contribution in [1.82, 2.24) is 13.9 Å². The van der Waals surface area contributed by atoms with E-state index in [1.54, 1.807) is 8.61 Å². The van der Waals surface area contributed by atoms with Crippen LogP contribution >= 0.6 is 0 Å². The molecule has 0 aliphatic carbocycles. The van der Waals surface area contributed by atoms with E-state index in [9.17, 15) is 8.42 Å². The number of piperidine rings is 2. The second kappa shape index (κ2) is 7.40. The number of nitrogens with zero attached hydrogens (tertiary/aromatic N) is 2. The molecule has 0 spiro atoms. The molecule has 1 atom stereocenters. The predicted molar refractivity (Wildman–Crippen MR) is 86.3 cm³/mol. The summed E-state index contributed by atoms with van der Waals surface area (Å²) in [6.45, 7) is 10.2. The topological polar surface area (TPSA) is 52.7 Å². The predicted octanol–water partition coefficient (Wildman–Crippen LogP) is 1.67. The van der Waals surface area contributed by atoms with Crippen LogP contribution in [-0.2, 0) is 10.2 Å². The van der Waals surface area contributed by atoms with Crippen LogP contribution in [0.5, 0.6) is 0 Å². The third-order valence-electron chi connectivity index (χ3n) is 4.66. The third-order valence-corrected chi connectivity index (χ3v) is 6.66. The van der Waals surface area contributed by atoms with Crippen molar-refractivity contribution >= 4 is 10.2 Å². The molecule has 6 heteroatoms. The Hall–Kier alpha value is -0.170. The van der Waals surface area contributed by atoms with Crippen molar-refractivity contribution in [3.8, 4) is 0 Å². The second-order valence-corrected chi connectivity index (χ2v) is 8.95. The largest absolute Gasteiger partial charge is 0.314 e. The molecule has 5 nitrogen and oxygen atoms in total. The SMILES string of the molecule is CC1CCCN(S(=O)(=O)N2CCC(CNC(C)C)CC2)C1. The molecule has 0 bridgehead atoms. The maximum Gasteiger partial charge on any atom is 0.281 e. The summed E-state index contributed by atoms with van der Waals surface area (Å²) in [4.78, 5) is 0.